The number of ether oxygens (including phenoxy) is 1. The predicted octanol–water partition coefficient (Wildman–Crippen LogP) is 4.91. The van der Waals surface area contributed by atoms with Gasteiger partial charge in [0.2, 0.25) is 5.91 Å². The van der Waals surface area contributed by atoms with Crippen LogP contribution in [0.3, 0.4) is 0 Å². The summed E-state index contributed by atoms with van der Waals surface area (Å²) in [6, 6.07) is 25.3. The molecule has 3 aromatic rings. The minimum Gasteiger partial charge on any atom is -0.497 e. The third-order valence-corrected chi connectivity index (χ3v) is 4.90. The first-order chi connectivity index (χ1) is 12.7. The Morgan fingerprint density at radius 1 is 0.962 bits per heavy atom. The van der Waals surface area contributed by atoms with E-state index < -0.39 is 0 Å². The Bertz CT molecular complexity index is 863. The van der Waals surface area contributed by atoms with Crippen molar-refractivity contribution in [3.05, 3.63) is 100 Å². The van der Waals surface area contributed by atoms with Crippen LogP contribution in [0, 0.1) is 0 Å². The van der Waals surface area contributed by atoms with Crippen LogP contribution >= 0.6 is 15.9 Å². The summed E-state index contributed by atoms with van der Waals surface area (Å²) in [5, 5.41) is 3.17. The van der Waals surface area contributed by atoms with Crippen LogP contribution < -0.4 is 10.1 Å². The smallest absolute Gasteiger partial charge is 0.225 e. The lowest BCUT2D eigenvalue weighted by atomic mass is 9.98. The average Bonchev–Trinajstić information content (AvgIpc) is 2.68. The predicted molar refractivity (Wildman–Crippen MR) is 107 cm³/mol. The van der Waals surface area contributed by atoms with E-state index in [1.54, 1.807) is 7.11 Å². The first-order valence-electron chi connectivity index (χ1n) is 8.39. The number of amides is 1. The largest absolute Gasteiger partial charge is 0.497 e. The molecule has 26 heavy (non-hydrogen) atoms. The topological polar surface area (TPSA) is 38.3 Å². The molecule has 1 amide bonds. The van der Waals surface area contributed by atoms with Gasteiger partial charge in [0.1, 0.15) is 5.75 Å². The molecule has 0 saturated heterocycles. The van der Waals surface area contributed by atoms with Crippen molar-refractivity contribution in [1.29, 1.82) is 0 Å². The maximum atomic E-state index is 12.7. The SMILES string of the molecule is COc1ccc(CC(=O)N[C@H](c2ccccc2)c2ccccc2Br)cc1. The number of halogens is 1. The molecular weight excluding hydrogens is 390 g/mol. The molecule has 0 saturated carbocycles. The minimum atomic E-state index is -0.211. The Kier molecular flexibility index (Phi) is 6.08. The van der Waals surface area contributed by atoms with Crippen molar-refractivity contribution in [2.45, 2.75) is 12.5 Å². The minimum absolute atomic E-state index is 0.0280. The second-order valence-corrected chi connectivity index (χ2v) is 6.81. The molecule has 1 N–H and O–H groups in total. The van der Waals surface area contributed by atoms with E-state index in [4.69, 9.17) is 4.74 Å². The van der Waals surface area contributed by atoms with E-state index in [-0.39, 0.29) is 11.9 Å². The summed E-state index contributed by atoms with van der Waals surface area (Å²) in [6.45, 7) is 0. The maximum Gasteiger partial charge on any atom is 0.225 e. The zero-order valence-corrected chi connectivity index (χ0v) is 16.1. The van der Waals surface area contributed by atoms with Crippen LogP contribution in [0.2, 0.25) is 0 Å². The van der Waals surface area contributed by atoms with Crippen LogP contribution in [0.5, 0.6) is 5.75 Å². The maximum absolute atomic E-state index is 12.7. The van der Waals surface area contributed by atoms with Gasteiger partial charge in [0.15, 0.2) is 0 Å². The van der Waals surface area contributed by atoms with Crippen molar-refractivity contribution in [2.75, 3.05) is 7.11 Å². The van der Waals surface area contributed by atoms with Crippen molar-refractivity contribution >= 4 is 21.8 Å². The van der Waals surface area contributed by atoms with Gasteiger partial charge in [-0.15, -0.1) is 0 Å². The first kappa shape index (κ1) is 18.2. The molecule has 0 radical (unpaired) electrons. The van der Waals surface area contributed by atoms with Gasteiger partial charge in [0.25, 0.3) is 0 Å². The molecule has 0 fully saturated rings. The standard InChI is InChI=1S/C22H20BrNO2/c1-26-18-13-11-16(12-14-18)15-21(25)24-22(17-7-3-2-4-8-17)19-9-5-6-10-20(19)23/h2-14,22H,15H2,1H3,(H,24,25)/t22-/m1/s1. The van der Waals surface area contributed by atoms with E-state index in [9.17, 15) is 4.79 Å². The summed E-state index contributed by atoms with van der Waals surface area (Å²) < 4.78 is 6.13. The molecule has 0 aliphatic carbocycles. The summed E-state index contributed by atoms with van der Waals surface area (Å²) in [7, 11) is 1.63. The highest BCUT2D eigenvalue weighted by Gasteiger charge is 2.19. The Balaban J connectivity index is 1.81. The number of rotatable bonds is 6. The molecule has 132 valence electrons. The van der Waals surface area contributed by atoms with Gasteiger partial charge in [-0.05, 0) is 34.9 Å². The van der Waals surface area contributed by atoms with Crippen LogP contribution in [0.25, 0.3) is 0 Å². The zero-order valence-electron chi connectivity index (χ0n) is 14.5. The second kappa shape index (κ2) is 8.68. The highest BCUT2D eigenvalue weighted by Crippen LogP contribution is 2.28. The van der Waals surface area contributed by atoms with Gasteiger partial charge >= 0.3 is 0 Å². The fraction of sp³-hybridized carbons (Fsp3) is 0.136. The van der Waals surface area contributed by atoms with Gasteiger partial charge in [0.05, 0.1) is 19.6 Å². The molecule has 0 unspecified atom stereocenters. The normalized spacial score (nSPS) is 11.6. The van der Waals surface area contributed by atoms with Crippen molar-refractivity contribution in [1.82, 2.24) is 5.32 Å². The molecule has 0 aromatic heterocycles. The summed E-state index contributed by atoms with van der Waals surface area (Å²) in [5.74, 6) is 0.754. The Morgan fingerprint density at radius 3 is 2.27 bits per heavy atom. The van der Waals surface area contributed by atoms with E-state index in [2.05, 4.69) is 21.2 Å². The number of hydrogen-bond donors (Lipinski definition) is 1. The van der Waals surface area contributed by atoms with Gasteiger partial charge in [-0.3, -0.25) is 4.79 Å². The molecule has 0 aliphatic rings. The summed E-state index contributed by atoms with van der Waals surface area (Å²) in [5.41, 5.74) is 3.02. The fourth-order valence-corrected chi connectivity index (χ4v) is 3.35. The number of methoxy groups -OCH3 is 1. The molecular formula is C22H20BrNO2. The number of benzene rings is 3. The Labute approximate surface area is 162 Å². The average molecular weight is 410 g/mol. The Hall–Kier alpha value is -2.59. The van der Waals surface area contributed by atoms with E-state index in [0.717, 1.165) is 26.9 Å². The number of carbonyl (C=O) groups excluding carboxylic acids is 1. The Morgan fingerprint density at radius 2 is 1.62 bits per heavy atom. The molecule has 0 aliphatic heterocycles. The second-order valence-electron chi connectivity index (χ2n) is 5.96. The molecule has 1 atom stereocenters. The quantitative estimate of drug-likeness (QED) is 0.628. The number of hydrogen-bond acceptors (Lipinski definition) is 2. The lowest BCUT2D eigenvalue weighted by molar-refractivity contribution is -0.120. The third kappa shape index (κ3) is 4.52. The lowest BCUT2D eigenvalue weighted by Crippen LogP contribution is -2.30. The molecule has 0 bridgehead atoms. The van der Waals surface area contributed by atoms with Crippen LogP contribution in [-0.2, 0) is 11.2 Å². The monoisotopic (exact) mass is 409 g/mol. The van der Waals surface area contributed by atoms with Gasteiger partial charge in [0, 0.05) is 4.47 Å². The first-order valence-corrected chi connectivity index (χ1v) is 9.18. The van der Waals surface area contributed by atoms with Crippen LogP contribution in [0.4, 0.5) is 0 Å². The van der Waals surface area contributed by atoms with E-state index in [1.807, 2.05) is 78.9 Å². The summed E-state index contributed by atoms with van der Waals surface area (Å²) in [6.07, 6.45) is 0.317. The summed E-state index contributed by atoms with van der Waals surface area (Å²) in [4.78, 5) is 12.7. The number of nitrogens with one attached hydrogen (secondary N) is 1. The molecule has 3 nitrogen and oxygen atoms in total. The molecule has 4 heteroatoms. The van der Waals surface area contributed by atoms with Crippen molar-refractivity contribution in [2.24, 2.45) is 0 Å². The van der Waals surface area contributed by atoms with Gasteiger partial charge in [-0.2, -0.15) is 0 Å². The third-order valence-electron chi connectivity index (χ3n) is 4.18. The highest BCUT2D eigenvalue weighted by atomic mass is 79.9. The van der Waals surface area contributed by atoms with E-state index in [0.29, 0.717) is 6.42 Å². The van der Waals surface area contributed by atoms with E-state index >= 15 is 0 Å². The van der Waals surface area contributed by atoms with E-state index in [1.165, 1.54) is 0 Å². The van der Waals surface area contributed by atoms with Crippen molar-refractivity contribution < 1.29 is 9.53 Å². The van der Waals surface area contributed by atoms with Crippen molar-refractivity contribution in [3.63, 3.8) is 0 Å². The van der Waals surface area contributed by atoms with Crippen LogP contribution in [-0.4, -0.2) is 13.0 Å². The van der Waals surface area contributed by atoms with Crippen LogP contribution in [0.1, 0.15) is 22.7 Å². The molecule has 0 heterocycles. The van der Waals surface area contributed by atoms with Gasteiger partial charge in [-0.1, -0.05) is 76.6 Å². The highest BCUT2D eigenvalue weighted by molar-refractivity contribution is 9.10. The van der Waals surface area contributed by atoms with Crippen molar-refractivity contribution in [3.8, 4) is 5.75 Å². The molecule has 3 rings (SSSR count). The van der Waals surface area contributed by atoms with Gasteiger partial charge in [-0.25, -0.2) is 0 Å². The zero-order chi connectivity index (χ0) is 18.4. The number of carbonyl (C=O) groups is 1. The summed E-state index contributed by atoms with van der Waals surface area (Å²) >= 11 is 3.60. The van der Waals surface area contributed by atoms with Gasteiger partial charge < -0.3 is 10.1 Å². The van der Waals surface area contributed by atoms with Crippen LogP contribution in [0.15, 0.2) is 83.3 Å². The molecule has 3 aromatic carbocycles. The molecule has 0 spiro atoms. The lowest BCUT2D eigenvalue weighted by Gasteiger charge is -2.21. The fourth-order valence-electron chi connectivity index (χ4n) is 2.84.